The van der Waals surface area contributed by atoms with Gasteiger partial charge in [0.15, 0.2) is 0 Å². The Morgan fingerprint density at radius 3 is 1.42 bits per heavy atom. The van der Waals surface area contributed by atoms with Gasteiger partial charge in [-0.05, 0) is 19.8 Å². The van der Waals surface area contributed by atoms with Gasteiger partial charge in [-0.3, -0.25) is 0 Å². The van der Waals surface area contributed by atoms with Gasteiger partial charge in [0.05, 0.1) is 5.57 Å². The van der Waals surface area contributed by atoms with E-state index in [9.17, 15) is 4.79 Å². The van der Waals surface area contributed by atoms with Gasteiger partial charge in [-0.2, -0.15) is 0 Å². The van der Waals surface area contributed by atoms with Crippen molar-refractivity contribution in [1.82, 2.24) is 0 Å². The fourth-order valence-corrected chi connectivity index (χ4v) is 3.36. The molecule has 0 saturated heterocycles. The number of allylic oxidation sites excluding steroid dienone is 2. The van der Waals surface area contributed by atoms with E-state index in [1.165, 1.54) is 96.3 Å². The third-order valence-corrected chi connectivity index (χ3v) is 5.02. The van der Waals surface area contributed by atoms with Crippen LogP contribution in [0.1, 0.15) is 123 Å². The summed E-state index contributed by atoms with van der Waals surface area (Å²) in [6.45, 7) is 4.13. The van der Waals surface area contributed by atoms with Crippen molar-refractivity contribution < 1.29 is 9.90 Å². The molecule has 0 radical (unpaired) electrons. The minimum absolute atomic E-state index is 0.424. The van der Waals surface area contributed by atoms with E-state index in [1.807, 2.05) is 13.0 Å². The van der Waals surface area contributed by atoms with Crippen molar-refractivity contribution in [2.75, 3.05) is 0 Å². The number of carboxylic acids is 1. The predicted octanol–water partition coefficient (Wildman–Crippen LogP) is 8.23. The number of hydrogen-bond acceptors (Lipinski definition) is 1. The van der Waals surface area contributed by atoms with Gasteiger partial charge in [-0.25, -0.2) is 4.79 Å². The largest absolute Gasteiger partial charge is 0.478 e. The van der Waals surface area contributed by atoms with Crippen molar-refractivity contribution in [3.8, 4) is 0 Å². The maximum atomic E-state index is 11.0. The van der Waals surface area contributed by atoms with E-state index >= 15 is 0 Å². The summed E-state index contributed by atoms with van der Waals surface area (Å²) in [6, 6.07) is 0. The van der Waals surface area contributed by atoms with Crippen LogP contribution in [0.4, 0.5) is 0 Å². The van der Waals surface area contributed by atoms with Crippen LogP contribution < -0.4 is 0 Å². The maximum Gasteiger partial charge on any atom is 0.335 e. The van der Waals surface area contributed by atoms with Gasteiger partial charge in [0.1, 0.15) is 0 Å². The zero-order chi connectivity index (χ0) is 19.3. The van der Waals surface area contributed by atoms with Crippen LogP contribution in [0.2, 0.25) is 0 Å². The van der Waals surface area contributed by atoms with E-state index in [-0.39, 0.29) is 0 Å². The minimum atomic E-state index is -0.820. The molecular formula is C24H44O2. The first kappa shape index (κ1) is 24.9. The molecule has 0 aliphatic carbocycles. The van der Waals surface area contributed by atoms with E-state index < -0.39 is 5.97 Å². The number of aliphatic carboxylic acids is 1. The summed E-state index contributed by atoms with van der Waals surface area (Å²) in [7, 11) is 0. The Labute approximate surface area is 163 Å². The molecule has 0 rings (SSSR count). The van der Waals surface area contributed by atoms with Crippen molar-refractivity contribution in [1.29, 1.82) is 0 Å². The third-order valence-electron chi connectivity index (χ3n) is 5.02. The van der Waals surface area contributed by atoms with E-state index in [1.54, 1.807) is 12.2 Å². The van der Waals surface area contributed by atoms with Gasteiger partial charge < -0.3 is 5.11 Å². The Balaban J connectivity index is 3.27. The second kappa shape index (κ2) is 20.3. The second-order valence-corrected chi connectivity index (χ2v) is 7.56. The molecule has 26 heavy (non-hydrogen) atoms. The van der Waals surface area contributed by atoms with Gasteiger partial charge in [-0.15, -0.1) is 0 Å². The number of carboxylic acid groups (broad SMARTS) is 1. The molecule has 0 aromatic carbocycles. The summed E-state index contributed by atoms with van der Waals surface area (Å²) in [5.74, 6) is -0.820. The van der Waals surface area contributed by atoms with Gasteiger partial charge >= 0.3 is 5.97 Å². The van der Waals surface area contributed by atoms with Crippen LogP contribution in [0.25, 0.3) is 0 Å². The molecule has 1 N–H and O–H groups in total. The molecule has 0 aromatic rings. The summed E-state index contributed by atoms with van der Waals surface area (Å²) >= 11 is 0. The van der Waals surface area contributed by atoms with Crippen LogP contribution in [0.15, 0.2) is 23.8 Å². The quantitative estimate of drug-likeness (QED) is 0.142. The predicted molar refractivity (Wildman–Crippen MR) is 115 cm³/mol. The molecule has 0 saturated carbocycles. The first-order valence-corrected chi connectivity index (χ1v) is 11.3. The minimum Gasteiger partial charge on any atom is -0.478 e. The van der Waals surface area contributed by atoms with Crippen molar-refractivity contribution in [2.24, 2.45) is 0 Å². The summed E-state index contributed by atoms with van der Waals surface area (Å²) < 4.78 is 0. The molecule has 2 heteroatoms. The summed E-state index contributed by atoms with van der Waals surface area (Å²) in [4.78, 5) is 11.0. The molecule has 152 valence electrons. The monoisotopic (exact) mass is 364 g/mol. The molecule has 0 unspecified atom stereocenters. The average Bonchev–Trinajstić information content (AvgIpc) is 2.63. The highest BCUT2D eigenvalue weighted by Crippen LogP contribution is 2.14. The molecule has 0 aliphatic rings. The zero-order valence-electron chi connectivity index (χ0n) is 17.6. The third kappa shape index (κ3) is 17.8. The maximum absolute atomic E-state index is 11.0. The first-order valence-electron chi connectivity index (χ1n) is 11.3. The lowest BCUT2D eigenvalue weighted by atomic mass is 10.0. The molecule has 0 spiro atoms. The van der Waals surface area contributed by atoms with Crippen molar-refractivity contribution in [3.05, 3.63) is 23.8 Å². The summed E-state index contributed by atoms with van der Waals surface area (Å²) in [5.41, 5.74) is 0.424. The molecule has 0 amide bonds. The van der Waals surface area contributed by atoms with Crippen LogP contribution in [-0.2, 0) is 4.79 Å². The second-order valence-electron chi connectivity index (χ2n) is 7.56. The van der Waals surface area contributed by atoms with Gasteiger partial charge in [-0.1, -0.05) is 121 Å². The standard InChI is InChI=1S/C24H44O2/c1-3-5-6-7-8-9-10-11-12-13-14-15-16-17-18-19-20-22-23(21-4-2)24(25)26/h4,21-22H,3,5-20H2,1-2H3,(H,25,26). The Morgan fingerprint density at radius 2 is 1.08 bits per heavy atom. The molecule has 0 aromatic heterocycles. The van der Waals surface area contributed by atoms with Crippen LogP contribution in [0, 0.1) is 0 Å². The SMILES string of the molecule is CC=CC(=CCCCCCCCCCCCCCCCCCC)C(=O)O. The highest BCUT2D eigenvalue weighted by Gasteiger charge is 2.01. The highest BCUT2D eigenvalue weighted by atomic mass is 16.4. The Kier molecular flexibility index (Phi) is 19.4. The van der Waals surface area contributed by atoms with Gasteiger partial charge in [0.2, 0.25) is 0 Å². The summed E-state index contributed by atoms with van der Waals surface area (Å²) in [5, 5.41) is 9.02. The van der Waals surface area contributed by atoms with Crippen LogP contribution in [0.5, 0.6) is 0 Å². The molecule has 0 fully saturated rings. The van der Waals surface area contributed by atoms with Crippen LogP contribution >= 0.6 is 0 Å². The Morgan fingerprint density at radius 1 is 0.692 bits per heavy atom. The fraction of sp³-hybridized carbons (Fsp3) is 0.792. The number of rotatable bonds is 19. The number of carbonyl (C=O) groups is 1. The lowest BCUT2D eigenvalue weighted by Crippen LogP contribution is -1.97. The number of hydrogen-bond donors (Lipinski definition) is 1. The molecule has 0 heterocycles. The van der Waals surface area contributed by atoms with E-state index in [0.717, 1.165) is 12.8 Å². The Hall–Kier alpha value is -1.05. The van der Waals surface area contributed by atoms with Crippen LogP contribution in [-0.4, -0.2) is 11.1 Å². The molecule has 0 aliphatic heterocycles. The average molecular weight is 365 g/mol. The van der Waals surface area contributed by atoms with Crippen molar-refractivity contribution >= 4 is 5.97 Å². The Bertz CT molecular complexity index is 368. The number of unbranched alkanes of at least 4 members (excludes halogenated alkanes) is 16. The lowest BCUT2D eigenvalue weighted by Gasteiger charge is -2.03. The highest BCUT2D eigenvalue weighted by molar-refractivity contribution is 5.89. The van der Waals surface area contributed by atoms with Crippen molar-refractivity contribution in [2.45, 2.75) is 123 Å². The zero-order valence-corrected chi connectivity index (χ0v) is 17.6. The topological polar surface area (TPSA) is 37.3 Å². The lowest BCUT2D eigenvalue weighted by molar-refractivity contribution is -0.132. The molecule has 0 bridgehead atoms. The molecule has 0 atom stereocenters. The van der Waals surface area contributed by atoms with Gasteiger partial charge in [0, 0.05) is 0 Å². The van der Waals surface area contributed by atoms with Gasteiger partial charge in [0.25, 0.3) is 0 Å². The fourth-order valence-electron chi connectivity index (χ4n) is 3.36. The molecular weight excluding hydrogens is 320 g/mol. The van der Waals surface area contributed by atoms with E-state index in [4.69, 9.17) is 5.11 Å². The van der Waals surface area contributed by atoms with Crippen LogP contribution in [0.3, 0.4) is 0 Å². The smallest absolute Gasteiger partial charge is 0.335 e. The normalized spacial score (nSPS) is 12.2. The summed E-state index contributed by atoms with van der Waals surface area (Å²) in [6.07, 6.45) is 28.1. The molecule has 2 nitrogen and oxygen atoms in total. The van der Waals surface area contributed by atoms with Crippen molar-refractivity contribution in [3.63, 3.8) is 0 Å². The first-order chi connectivity index (χ1) is 12.7. The van der Waals surface area contributed by atoms with E-state index in [2.05, 4.69) is 6.92 Å². The van der Waals surface area contributed by atoms with E-state index in [0.29, 0.717) is 5.57 Å².